The van der Waals surface area contributed by atoms with Gasteiger partial charge in [-0.2, -0.15) is 0 Å². The molecule has 0 bridgehead atoms. The molecule has 0 unspecified atom stereocenters. The highest BCUT2D eigenvalue weighted by atomic mass is 35.5. The molecule has 1 heterocycles. The summed E-state index contributed by atoms with van der Waals surface area (Å²) < 4.78 is 0. The fourth-order valence-electron chi connectivity index (χ4n) is 2.45. The second kappa shape index (κ2) is 5.17. The van der Waals surface area contributed by atoms with Gasteiger partial charge in [0.15, 0.2) is 5.78 Å². The van der Waals surface area contributed by atoms with Crippen LogP contribution in [-0.4, -0.2) is 11.7 Å². The molecule has 0 aromatic heterocycles. The minimum Gasteiger partial charge on any atom is -0.325 e. The molecule has 0 radical (unpaired) electrons. The van der Waals surface area contributed by atoms with E-state index in [-0.39, 0.29) is 18.1 Å². The van der Waals surface area contributed by atoms with Crippen LogP contribution >= 0.6 is 23.2 Å². The molecule has 0 atom stereocenters. The Balaban J connectivity index is 2.06. The van der Waals surface area contributed by atoms with Crippen LogP contribution in [0.15, 0.2) is 30.3 Å². The van der Waals surface area contributed by atoms with Gasteiger partial charge in [-0.1, -0.05) is 23.2 Å². The molecule has 1 amide bonds. The molecule has 2 aromatic rings. The van der Waals surface area contributed by atoms with Crippen molar-refractivity contribution in [2.45, 2.75) is 13.3 Å². The third-order valence-electron chi connectivity index (χ3n) is 3.50. The average Bonchev–Trinajstić information content (AvgIpc) is 2.76. The van der Waals surface area contributed by atoms with E-state index in [4.69, 9.17) is 23.2 Å². The van der Waals surface area contributed by atoms with Gasteiger partial charge in [-0.3, -0.25) is 9.59 Å². The molecule has 3 rings (SSSR count). The SMILES string of the molecule is Cc1cc(Cl)ccc1C(=O)c1cc2c(cc1Cl)NC(=O)C2. The molecule has 0 saturated heterocycles. The van der Waals surface area contributed by atoms with E-state index in [0.717, 1.165) is 11.1 Å². The van der Waals surface area contributed by atoms with Crippen LogP contribution in [-0.2, 0) is 11.2 Å². The largest absolute Gasteiger partial charge is 0.325 e. The second-order valence-corrected chi connectivity index (χ2v) is 5.85. The van der Waals surface area contributed by atoms with Crippen LogP contribution in [0.25, 0.3) is 0 Å². The molecule has 0 saturated carbocycles. The summed E-state index contributed by atoms with van der Waals surface area (Å²) in [5.74, 6) is -0.260. The van der Waals surface area contributed by atoms with Gasteiger partial charge in [-0.25, -0.2) is 0 Å². The van der Waals surface area contributed by atoms with Gasteiger partial charge in [-0.05, 0) is 48.4 Å². The molecule has 0 spiro atoms. The van der Waals surface area contributed by atoms with Crippen molar-refractivity contribution in [3.05, 3.63) is 62.6 Å². The zero-order chi connectivity index (χ0) is 15.1. The van der Waals surface area contributed by atoms with Crippen LogP contribution in [0, 0.1) is 6.92 Å². The molecule has 2 aromatic carbocycles. The minimum atomic E-state index is -0.170. The van der Waals surface area contributed by atoms with Crippen molar-refractivity contribution in [2.24, 2.45) is 0 Å². The molecule has 1 aliphatic heterocycles. The Morgan fingerprint density at radius 1 is 1.14 bits per heavy atom. The third-order valence-corrected chi connectivity index (χ3v) is 4.04. The zero-order valence-electron chi connectivity index (χ0n) is 11.2. The molecule has 106 valence electrons. The number of benzene rings is 2. The fourth-order valence-corrected chi connectivity index (χ4v) is 2.93. The Labute approximate surface area is 131 Å². The number of nitrogens with one attached hydrogen (secondary N) is 1. The number of carbonyl (C=O) groups excluding carboxylic acids is 2. The van der Waals surface area contributed by atoms with E-state index in [1.807, 2.05) is 6.92 Å². The van der Waals surface area contributed by atoms with E-state index in [0.29, 0.717) is 26.9 Å². The van der Waals surface area contributed by atoms with Crippen LogP contribution in [0.4, 0.5) is 5.69 Å². The topological polar surface area (TPSA) is 46.2 Å². The number of rotatable bonds is 2. The van der Waals surface area contributed by atoms with Crippen molar-refractivity contribution >= 4 is 40.6 Å². The van der Waals surface area contributed by atoms with E-state index >= 15 is 0 Å². The Morgan fingerprint density at radius 2 is 1.90 bits per heavy atom. The molecular weight excluding hydrogens is 309 g/mol. The van der Waals surface area contributed by atoms with Crippen molar-refractivity contribution in [1.82, 2.24) is 0 Å². The molecule has 0 fully saturated rings. The van der Waals surface area contributed by atoms with Crippen LogP contribution in [0.5, 0.6) is 0 Å². The number of halogens is 2. The number of aryl methyl sites for hydroxylation is 1. The van der Waals surface area contributed by atoms with E-state index in [1.165, 1.54) is 0 Å². The van der Waals surface area contributed by atoms with E-state index in [1.54, 1.807) is 30.3 Å². The van der Waals surface area contributed by atoms with Crippen molar-refractivity contribution in [3.63, 3.8) is 0 Å². The van der Waals surface area contributed by atoms with Crippen LogP contribution in [0.3, 0.4) is 0 Å². The summed E-state index contributed by atoms with van der Waals surface area (Å²) in [7, 11) is 0. The smallest absolute Gasteiger partial charge is 0.228 e. The lowest BCUT2D eigenvalue weighted by molar-refractivity contribution is -0.115. The number of fused-ring (bicyclic) bond motifs is 1. The normalized spacial score (nSPS) is 13.0. The highest BCUT2D eigenvalue weighted by molar-refractivity contribution is 6.35. The predicted molar refractivity (Wildman–Crippen MR) is 83.4 cm³/mol. The first-order chi connectivity index (χ1) is 9.95. The molecule has 5 heteroatoms. The molecule has 1 N–H and O–H groups in total. The summed E-state index contributed by atoms with van der Waals surface area (Å²) in [6.07, 6.45) is 0.270. The lowest BCUT2D eigenvalue weighted by Gasteiger charge is -2.09. The van der Waals surface area contributed by atoms with Crippen molar-refractivity contribution in [2.75, 3.05) is 5.32 Å². The number of ketones is 1. The van der Waals surface area contributed by atoms with E-state index in [2.05, 4.69) is 5.32 Å². The van der Waals surface area contributed by atoms with E-state index < -0.39 is 0 Å². The number of anilines is 1. The van der Waals surface area contributed by atoms with Gasteiger partial charge in [0.05, 0.1) is 11.4 Å². The monoisotopic (exact) mass is 319 g/mol. The maximum Gasteiger partial charge on any atom is 0.228 e. The van der Waals surface area contributed by atoms with Gasteiger partial charge < -0.3 is 5.32 Å². The molecule has 1 aliphatic rings. The summed E-state index contributed by atoms with van der Waals surface area (Å²) in [4.78, 5) is 24.0. The number of carbonyl (C=O) groups is 2. The van der Waals surface area contributed by atoms with Gasteiger partial charge in [0, 0.05) is 21.8 Å². The molecule has 3 nitrogen and oxygen atoms in total. The van der Waals surface area contributed by atoms with Gasteiger partial charge >= 0.3 is 0 Å². The van der Waals surface area contributed by atoms with Gasteiger partial charge in [0.25, 0.3) is 0 Å². The maximum absolute atomic E-state index is 12.6. The fraction of sp³-hybridized carbons (Fsp3) is 0.125. The van der Waals surface area contributed by atoms with Crippen LogP contribution in [0.1, 0.15) is 27.0 Å². The van der Waals surface area contributed by atoms with E-state index in [9.17, 15) is 9.59 Å². The summed E-state index contributed by atoms with van der Waals surface area (Å²) in [6.45, 7) is 1.82. The highest BCUT2D eigenvalue weighted by Gasteiger charge is 2.23. The Hall–Kier alpha value is -1.84. The van der Waals surface area contributed by atoms with Gasteiger partial charge in [0.1, 0.15) is 0 Å². The average molecular weight is 320 g/mol. The second-order valence-electron chi connectivity index (χ2n) is 5.00. The third kappa shape index (κ3) is 2.55. The molecule has 21 heavy (non-hydrogen) atoms. The summed E-state index contributed by atoms with van der Waals surface area (Å²) in [5, 5.41) is 3.62. The lowest BCUT2D eigenvalue weighted by Crippen LogP contribution is -2.05. The molecular formula is C16H11Cl2NO2. The van der Waals surface area contributed by atoms with Crippen molar-refractivity contribution in [3.8, 4) is 0 Å². The summed E-state index contributed by atoms with van der Waals surface area (Å²) in [5.41, 5.74) is 3.21. The summed E-state index contributed by atoms with van der Waals surface area (Å²) in [6, 6.07) is 8.41. The lowest BCUT2D eigenvalue weighted by atomic mass is 9.97. The van der Waals surface area contributed by atoms with Crippen molar-refractivity contribution < 1.29 is 9.59 Å². The Morgan fingerprint density at radius 3 is 2.62 bits per heavy atom. The van der Waals surface area contributed by atoms with Crippen LogP contribution in [0.2, 0.25) is 10.0 Å². The minimum absolute atomic E-state index is 0.0895. The van der Waals surface area contributed by atoms with Crippen LogP contribution < -0.4 is 5.32 Å². The standard InChI is InChI=1S/C16H11Cl2NO2/c1-8-4-10(17)2-3-11(8)16(21)12-5-9-6-15(20)19-14(9)7-13(12)18/h2-5,7H,6H2,1H3,(H,19,20). The predicted octanol–water partition coefficient (Wildman–Crippen LogP) is 4.03. The maximum atomic E-state index is 12.6. The quantitative estimate of drug-likeness (QED) is 0.849. The Kier molecular flexibility index (Phi) is 3.47. The number of hydrogen-bond acceptors (Lipinski definition) is 2. The summed E-state index contributed by atoms with van der Waals surface area (Å²) >= 11 is 12.1. The first kappa shape index (κ1) is 14.1. The first-order valence-electron chi connectivity index (χ1n) is 6.39. The van der Waals surface area contributed by atoms with Gasteiger partial charge in [-0.15, -0.1) is 0 Å². The van der Waals surface area contributed by atoms with Crippen molar-refractivity contribution in [1.29, 1.82) is 0 Å². The zero-order valence-corrected chi connectivity index (χ0v) is 12.7. The van der Waals surface area contributed by atoms with Gasteiger partial charge in [0.2, 0.25) is 5.91 Å². The number of hydrogen-bond donors (Lipinski definition) is 1. The number of amides is 1. The highest BCUT2D eigenvalue weighted by Crippen LogP contribution is 2.31. The Bertz CT molecular complexity index is 784. The first-order valence-corrected chi connectivity index (χ1v) is 7.14. The molecule has 0 aliphatic carbocycles.